The lowest BCUT2D eigenvalue weighted by Gasteiger charge is -2.40. The monoisotopic (exact) mass is 283 g/mol. The highest BCUT2D eigenvalue weighted by atomic mass is 32.1. The van der Waals surface area contributed by atoms with Gasteiger partial charge in [0, 0.05) is 30.1 Å². The first-order valence-electron chi connectivity index (χ1n) is 6.14. The van der Waals surface area contributed by atoms with Crippen LogP contribution >= 0.6 is 11.3 Å². The van der Waals surface area contributed by atoms with Crippen molar-refractivity contribution in [1.82, 2.24) is 15.2 Å². The molecule has 1 aliphatic rings. The largest absolute Gasteiger partial charge is 0.481 e. The highest BCUT2D eigenvalue weighted by molar-refractivity contribution is 7.11. The number of aromatic nitrogens is 1. The minimum atomic E-state index is -0.801. The van der Waals surface area contributed by atoms with Crippen molar-refractivity contribution in [2.24, 2.45) is 11.8 Å². The predicted molar refractivity (Wildman–Crippen MR) is 70.9 cm³/mol. The summed E-state index contributed by atoms with van der Waals surface area (Å²) in [5.74, 6) is -1.13. The molecule has 0 aromatic carbocycles. The number of carboxylic acid groups (broad SMARTS) is 1. The van der Waals surface area contributed by atoms with Crippen LogP contribution in [-0.2, 0) is 11.3 Å². The Morgan fingerprint density at radius 1 is 1.63 bits per heavy atom. The fourth-order valence-electron chi connectivity index (χ4n) is 1.96. The van der Waals surface area contributed by atoms with Gasteiger partial charge in [0.2, 0.25) is 0 Å². The van der Waals surface area contributed by atoms with Crippen LogP contribution in [0.1, 0.15) is 16.8 Å². The molecule has 104 valence electrons. The van der Waals surface area contributed by atoms with Gasteiger partial charge in [-0.1, -0.05) is 6.92 Å². The smallest absolute Gasteiger partial charge is 0.317 e. The molecule has 0 saturated carbocycles. The first-order valence-corrected chi connectivity index (χ1v) is 6.96. The maximum atomic E-state index is 11.8. The molecule has 1 aliphatic heterocycles. The van der Waals surface area contributed by atoms with Gasteiger partial charge < -0.3 is 15.3 Å². The molecule has 0 aliphatic carbocycles. The van der Waals surface area contributed by atoms with Crippen molar-refractivity contribution < 1.29 is 14.7 Å². The molecule has 1 saturated heterocycles. The number of thiazole rings is 1. The van der Waals surface area contributed by atoms with Crippen molar-refractivity contribution in [2.75, 3.05) is 13.1 Å². The summed E-state index contributed by atoms with van der Waals surface area (Å²) in [7, 11) is 0. The van der Waals surface area contributed by atoms with E-state index in [9.17, 15) is 9.59 Å². The van der Waals surface area contributed by atoms with Crippen molar-refractivity contribution in [3.05, 3.63) is 16.1 Å². The molecule has 2 amide bonds. The summed E-state index contributed by atoms with van der Waals surface area (Å²) in [5, 5.41) is 12.7. The Kier molecular flexibility index (Phi) is 4.04. The van der Waals surface area contributed by atoms with Crippen LogP contribution in [0.2, 0.25) is 0 Å². The van der Waals surface area contributed by atoms with E-state index in [0.29, 0.717) is 19.6 Å². The Bertz CT molecular complexity index is 482. The van der Waals surface area contributed by atoms with Gasteiger partial charge in [0.05, 0.1) is 17.5 Å². The number of likely N-dealkylation sites (tertiary alicyclic amines) is 1. The van der Waals surface area contributed by atoms with E-state index in [-0.39, 0.29) is 11.9 Å². The molecule has 7 heteroatoms. The van der Waals surface area contributed by atoms with Gasteiger partial charge in [-0.2, -0.15) is 0 Å². The Hall–Kier alpha value is -1.63. The van der Waals surface area contributed by atoms with E-state index >= 15 is 0 Å². The van der Waals surface area contributed by atoms with Crippen LogP contribution in [0, 0.1) is 18.8 Å². The lowest BCUT2D eigenvalue weighted by Crippen LogP contribution is -2.56. The highest BCUT2D eigenvalue weighted by Crippen LogP contribution is 2.24. The molecule has 1 unspecified atom stereocenters. The first-order chi connectivity index (χ1) is 8.97. The standard InChI is InChI=1S/C12H17N3O3S/c1-7(11(16)17)9-5-15(6-9)12(18)14-4-10-3-13-8(2)19-10/h3,7,9H,4-6H2,1-2H3,(H,14,18)(H,16,17). The molecule has 2 heterocycles. The van der Waals surface area contributed by atoms with Gasteiger partial charge in [-0.15, -0.1) is 11.3 Å². The van der Waals surface area contributed by atoms with Crippen LogP contribution in [-0.4, -0.2) is 40.1 Å². The van der Waals surface area contributed by atoms with Gasteiger partial charge in [-0.3, -0.25) is 4.79 Å². The van der Waals surface area contributed by atoms with E-state index in [2.05, 4.69) is 10.3 Å². The second-order valence-electron chi connectivity index (χ2n) is 4.80. The Morgan fingerprint density at radius 2 is 2.32 bits per heavy atom. The van der Waals surface area contributed by atoms with Gasteiger partial charge in [0.25, 0.3) is 0 Å². The summed E-state index contributed by atoms with van der Waals surface area (Å²) in [6.45, 7) is 5.10. The van der Waals surface area contributed by atoms with Crippen LogP contribution in [0.15, 0.2) is 6.20 Å². The number of urea groups is 1. The van der Waals surface area contributed by atoms with E-state index in [1.165, 1.54) is 0 Å². The number of carbonyl (C=O) groups excluding carboxylic acids is 1. The summed E-state index contributed by atoms with van der Waals surface area (Å²) < 4.78 is 0. The molecular weight excluding hydrogens is 266 g/mol. The third-order valence-electron chi connectivity index (χ3n) is 3.38. The van der Waals surface area contributed by atoms with Crippen molar-refractivity contribution >= 4 is 23.3 Å². The van der Waals surface area contributed by atoms with Crippen LogP contribution in [0.4, 0.5) is 4.79 Å². The number of rotatable bonds is 4. The molecular formula is C12H17N3O3S. The lowest BCUT2D eigenvalue weighted by atomic mass is 9.87. The summed E-state index contributed by atoms with van der Waals surface area (Å²) in [6, 6.07) is -0.139. The quantitative estimate of drug-likeness (QED) is 0.873. The number of carboxylic acids is 1. The van der Waals surface area contributed by atoms with Gasteiger partial charge in [-0.05, 0) is 6.92 Å². The van der Waals surface area contributed by atoms with Crippen molar-refractivity contribution in [2.45, 2.75) is 20.4 Å². The molecule has 19 heavy (non-hydrogen) atoms. The third kappa shape index (κ3) is 3.23. The van der Waals surface area contributed by atoms with Gasteiger partial charge >= 0.3 is 12.0 Å². The van der Waals surface area contributed by atoms with Crippen LogP contribution in [0.3, 0.4) is 0 Å². The second-order valence-corrected chi connectivity index (χ2v) is 6.12. The SMILES string of the molecule is Cc1ncc(CNC(=O)N2CC(C(C)C(=O)O)C2)s1. The number of carbonyl (C=O) groups is 2. The molecule has 1 aromatic heterocycles. The van der Waals surface area contributed by atoms with Crippen LogP contribution in [0.5, 0.6) is 0 Å². The summed E-state index contributed by atoms with van der Waals surface area (Å²) in [6.07, 6.45) is 1.76. The second kappa shape index (κ2) is 5.56. The fraction of sp³-hybridized carbons (Fsp3) is 0.583. The maximum absolute atomic E-state index is 11.8. The topological polar surface area (TPSA) is 82.5 Å². The molecule has 2 N–H and O–H groups in total. The summed E-state index contributed by atoms with van der Waals surface area (Å²) in [4.78, 5) is 29.4. The number of hydrogen-bond donors (Lipinski definition) is 2. The first kappa shape index (κ1) is 13.8. The number of aryl methyl sites for hydroxylation is 1. The van der Waals surface area contributed by atoms with E-state index < -0.39 is 11.9 Å². The van der Waals surface area contributed by atoms with E-state index in [1.807, 2.05) is 6.92 Å². The third-order valence-corrected chi connectivity index (χ3v) is 4.29. The van der Waals surface area contributed by atoms with Crippen LogP contribution < -0.4 is 5.32 Å². The average Bonchev–Trinajstić information content (AvgIpc) is 2.70. The molecule has 6 nitrogen and oxygen atoms in total. The molecule has 2 rings (SSSR count). The molecule has 0 bridgehead atoms. The molecule has 1 atom stereocenters. The number of hydrogen-bond acceptors (Lipinski definition) is 4. The molecule has 1 fully saturated rings. The molecule has 1 aromatic rings. The zero-order chi connectivity index (χ0) is 14.0. The van der Waals surface area contributed by atoms with Crippen molar-refractivity contribution in [3.8, 4) is 0 Å². The summed E-state index contributed by atoms with van der Waals surface area (Å²) in [5.41, 5.74) is 0. The van der Waals surface area contributed by atoms with Gasteiger partial charge in [0.1, 0.15) is 0 Å². The van der Waals surface area contributed by atoms with E-state index in [0.717, 1.165) is 9.88 Å². The minimum absolute atomic E-state index is 0.0638. The molecule has 0 spiro atoms. The zero-order valence-electron chi connectivity index (χ0n) is 10.9. The number of aliphatic carboxylic acids is 1. The van der Waals surface area contributed by atoms with E-state index in [4.69, 9.17) is 5.11 Å². The Labute approximate surface area is 115 Å². The number of amides is 2. The highest BCUT2D eigenvalue weighted by Gasteiger charge is 2.37. The average molecular weight is 283 g/mol. The maximum Gasteiger partial charge on any atom is 0.317 e. The number of nitrogens with zero attached hydrogens (tertiary/aromatic N) is 2. The summed E-state index contributed by atoms with van der Waals surface area (Å²) >= 11 is 1.55. The van der Waals surface area contributed by atoms with Crippen LogP contribution in [0.25, 0.3) is 0 Å². The Balaban J connectivity index is 1.73. The Morgan fingerprint density at radius 3 is 2.84 bits per heavy atom. The minimum Gasteiger partial charge on any atom is -0.481 e. The lowest BCUT2D eigenvalue weighted by molar-refractivity contribution is -0.144. The number of nitrogens with one attached hydrogen (secondary N) is 1. The van der Waals surface area contributed by atoms with Crippen molar-refractivity contribution in [1.29, 1.82) is 0 Å². The predicted octanol–water partition coefficient (Wildman–Crippen LogP) is 1.31. The molecule has 0 radical (unpaired) electrons. The van der Waals surface area contributed by atoms with Gasteiger partial charge in [0.15, 0.2) is 0 Å². The van der Waals surface area contributed by atoms with E-state index in [1.54, 1.807) is 29.4 Å². The van der Waals surface area contributed by atoms with Gasteiger partial charge in [-0.25, -0.2) is 9.78 Å². The van der Waals surface area contributed by atoms with Crippen molar-refractivity contribution in [3.63, 3.8) is 0 Å². The zero-order valence-corrected chi connectivity index (χ0v) is 11.7. The normalized spacial score (nSPS) is 16.8. The fourth-order valence-corrected chi connectivity index (χ4v) is 2.69.